The first-order valence-electron chi connectivity index (χ1n) is 5.72. The van der Waals surface area contributed by atoms with Crippen LogP contribution in [0, 0.1) is 6.92 Å². The Bertz CT molecular complexity index is 608. The predicted octanol–water partition coefficient (Wildman–Crippen LogP) is 2.96. The first kappa shape index (κ1) is 13.4. The molecule has 1 aromatic heterocycles. The SMILES string of the molecule is Cc1nc(Nc2cccc(N(C)C)c2)sc1C(=O)O. The lowest BCUT2D eigenvalue weighted by molar-refractivity contribution is 0.0701. The predicted molar refractivity (Wildman–Crippen MR) is 77.9 cm³/mol. The summed E-state index contributed by atoms with van der Waals surface area (Å²) in [5.74, 6) is -0.940. The van der Waals surface area contributed by atoms with Crippen LogP contribution in [-0.2, 0) is 0 Å². The van der Waals surface area contributed by atoms with Gasteiger partial charge in [-0.1, -0.05) is 17.4 Å². The zero-order valence-corrected chi connectivity index (χ0v) is 11.8. The number of nitrogens with one attached hydrogen (secondary N) is 1. The summed E-state index contributed by atoms with van der Waals surface area (Å²) in [5, 5.41) is 12.7. The maximum atomic E-state index is 11.0. The minimum absolute atomic E-state index is 0.270. The van der Waals surface area contributed by atoms with Crippen molar-refractivity contribution in [1.29, 1.82) is 0 Å². The Morgan fingerprint density at radius 1 is 1.42 bits per heavy atom. The summed E-state index contributed by atoms with van der Waals surface area (Å²) < 4.78 is 0. The van der Waals surface area contributed by atoms with Gasteiger partial charge in [0.1, 0.15) is 4.88 Å². The highest BCUT2D eigenvalue weighted by atomic mass is 32.1. The number of carbonyl (C=O) groups is 1. The second-order valence-corrected chi connectivity index (χ2v) is 5.31. The van der Waals surface area contributed by atoms with Gasteiger partial charge in [-0.3, -0.25) is 0 Å². The second-order valence-electron chi connectivity index (χ2n) is 4.31. The van der Waals surface area contributed by atoms with E-state index in [1.165, 1.54) is 0 Å². The van der Waals surface area contributed by atoms with E-state index in [-0.39, 0.29) is 4.88 Å². The quantitative estimate of drug-likeness (QED) is 0.899. The van der Waals surface area contributed by atoms with Crippen LogP contribution in [0.2, 0.25) is 0 Å². The molecule has 0 amide bonds. The van der Waals surface area contributed by atoms with Crippen LogP contribution in [0.3, 0.4) is 0 Å². The number of aryl methyl sites for hydroxylation is 1. The van der Waals surface area contributed by atoms with Gasteiger partial charge in [-0.2, -0.15) is 0 Å². The summed E-state index contributed by atoms with van der Waals surface area (Å²) in [4.78, 5) is 17.5. The van der Waals surface area contributed by atoms with Crippen molar-refractivity contribution in [2.24, 2.45) is 0 Å². The van der Waals surface area contributed by atoms with Gasteiger partial charge in [0.05, 0.1) is 5.69 Å². The largest absolute Gasteiger partial charge is 0.477 e. The van der Waals surface area contributed by atoms with E-state index in [0.717, 1.165) is 22.7 Å². The van der Waals surface area contributed by atoms with Crippen molar-refractivity contribution in [3.05, 3.63) is 34.8 Å². The van der Waals surface area contributed by atoms with Crippen LogP contribution >= 0.6 is 11.3 Å². The molecular formula is C13H15N3O2S. The number of benzene rings is 1. The van der Waals surface area contributed by atoms with Gasteiger partial charge in [0.2, 0.25) is 0 Å². The fourth-order valence-corrected chi connectivity index (χ4v) is 2.46. The molecule has 0 aliphatic rings. The lowest BCUT2D eigenvalue weighted by Gasteiger charge is -2.13. The molecule has 0 unspecified atom stereocenters. The molecule has 2 aromatic rings. The van der Waals surface area contributed by atoms with Crippen LogP contribution in [0.5, 0.6) is 0 Å². The Kier molecular flexibility index (Phi) is 3.71. The smallest absolute Gasteiger partial charge is 0.347 e. The summed E-state index contributed by atoms with van der Waals surface area (Å²) in [6.07, 6.45) is 0. The lowest BCUT2D eigenvalue weighted by atomic mass is 10.2. The summed E-state index contributed by atoms with van der Waals surface area (Å²) in [7, 11) is 3.93. The van der Waals surface area contributed by atoms with Crippen molar-refractivity contribution < 1.29 is 9.90 Å². The van der Waals surface area contributed by atoms with Gasteiger partial charge in [0, 0.05) is 25.5 Å². The molecule has 0 bridgehead atoms. The highest BCUT2D eigenvalue weighted by Crippen LogP contribution is 2.27. The van der Waals surface area contributed by atoms with Crippen molar-refractivity contribution in [3.63, 3.8) is 0 Å². The molecule has 0 atom stereocenters. The number of aromatic nitrogens is 1. The van der Waals surface area contributed by atoms with Crippen molar-refractivity contribution in [2.45, 2.75) is 6.92 Å². The molecule has 6 heteroatoms. The monoisotopic (exact) mass is 277 g/mol. The molecule has 2 rings (SSSR count). The summed E-state index contributed by atoms with van der Waals surface area (Å²) >= 11 is 1.14. The van der Waals surface area contributed by atoms with E-state index < -0.39 is 5.97 Å². The lowest BCUT2D eigenvalue weighted by Crippen LogP contribution is -2.08. The number of carboxylic acid groups (broad SMARTS) is 1. The fraction of sp³-hybridized carbons (Fsp3) is 0.231. The molecule has 0 spiro atoms. The van der Waals surface area contributed by atoms with Crippen LogP contribution in [0.25, 0.3) is 0 Å². The van der Waals surface area contributed by atoms with Gasteiger partial charge in [0.25, 0.3) is 0 Å². The molecule has 0 radical (unpaired) electrons. The molecule has 19 heavy (non-hydrogen) atoms. The van der Waals surface area contributed by atoms with Crippen LogP contribution in [-0.4, -0.2) is 30.2 Å². The van der Waals surface area contributed by atoms with E-state index in [4.69, 9.17) is 5.11 Å². The topological polar surface area (TPSA) is 65.5 Å². The molecule has 0 saturated carbocycles. The Labute approximate surface area is 115 Å². The van der Waals surface area contributed by atoms with Gasteiger partial charge in [-0.25, -0.2) is 9.78 Å². The second kappa shape index (κ2) is 5.27. The first-order valence-corrected chi connectivity index (χ1v) is 6.54. The molecule has 5 nitrogen and oxygen atoms in total. The van der Waals surface area contributed by atoms with Crippen LogP contribution in [0.1, 0.15) is 15.4 Å². The Balaban J connectivity index is 2.24. The Hall–Kier alpha value is -2.08. The van der Waals surface area contributed by atoms with Gasteiger partial charge in [-0.15, -0.1) is 0 Å². The van der Waals surface area contributed by atoms with E-state index >= 15 is 0 Å². The number of hydrogen-bond donors (Lipinski definition) is 2. The molecule has 100 valence electrons. The number of thiazole rings is 1. The number of aromatic carboxylic acids is 1. The maximum absolute atomic E-state index is 11.0. The number of carboxylic acids is 1. The van der Waals surface area contributed by atoms with E-state index in [9.17, 15) is 4.79 Å². The standard InChI is InChI=1S/C13H15N3O2S/c1-8-11(12(17)18)19-13(14-8)15-9-5-4-6-10(7-9)16(2)3/h4-7H,1-3H3,(H,14,15)(H,17,18). The Morgan fingerprint density at radius 3 is 2.74 bits per heavy atom. The highest BCUT2D eigenvalue weighted by Gasteiger charge is 2.13. The van der Waals surface area contributed by atoms with Crippen LogP contribution in [0.4, 0.5) is 16.5 Å². The van der Waals surface area contributed by atoms with E-state index in [2.05, 4.69) is 10.3 Å². The van der Waals surface area contributed by atoms with Gasteiger partial charge < -0.3 is 15.3 Å². The van der Waals surface area contributed by atoms with Gasteiger partial charge in [-0.05, 0) is 25.1 Å². The third-order valence-corrected chi connectivity index (χ3v) is 3.67. The zero-order chi connectivity index (χ0) is 14.0. The van der Waals surface area contributed by atoms with Crippen LogP contribution < -0.4 is 10.2 Å². The molecule has 1 aromatic carbocycles. The van der Waals surface area contributed by atoms with Crippen molar-refractivity contribution >= 4 is 33.8 Å². The highest BCUT2D eigenvalue weighted by molar-refractivity contribution is 7.17. The number of nitrogens with zero attached hydrogens (tertiary/aromatic N) is 2. The third-order valence-electron chi connectivity index (χ3n) is 2.60. The average Bonchev–Trinajstić information content (AvgIpc) is 2.70. The molecule has 0 saturated heterocycles. The van der Waals surface area contributed by atoms with Crippen LogP contribution in [0.15, 0.2) is 24.3 Å². The van der Waals surface area contributed by atoms with Crippen molar-refractivity contribution in [3.8, 4) is 0 Å². The number of hydrogen-bond acceptors (Lipinski definition) is 5. The molecule has 0 aliphatic heterocycles. The normalized spacial score (nSPS) is 10.3. The molecule has 0 fully saturated rings. The number of anilines is 3. The minimum atomic E-state index is -0.940. The van der Waals surface area contributed by atoms with E-state index in [0.29, 0.717) is 10.8 Å². The molecular weight excluding hydrogens is 262 g/mol. The molecule has 1 heterocycles. The first-order chi connectivity index (χ1) is 8.97. The van der Waals surface area contributed by atoms with E-state index in [1.54, 1.807) is 6.92 Å². The van der Waals surface area contributed by atoms with Gasteiger partial charge >= 0.3 is 5.97 Å². The van der Waals surface area contributed by atoms with E-state index in [1.807, 2.05) is 43.3 Å². The van der Waals surface area contributed by atoms with Crippen molar-refractivity contribution in [1.82, 2.24) is 4.98 Å². The maximum Gasteiger partial charge on any atom is 0.347 e. The summed E-state index contributed by atoms with van der Waals surface area (Å²) in [6, 6.07) is 7.85. The molecule has 0 aliphatic carbocycles. The summed E-state index contributed by atoms with van der Waals surface area (Å²) in [5.41, 5.74) is 2.48. The third kappa shape index (κ3) is 3.03. The number of rotatable bonds is 4. The zero-order valence-electron chi connectivity index (χ0n) is 11.0. The molecule has 2 N–H and O–H groups in total. The summed E-state index contributed by atoms with van der Waals surface area (Å²) in [6.45, 7) is 1.70. The minimum Gasteiger partial charge on any atom is -0.477 e. The van der Waals surface area contributed by atoms with Gasteiger partial charge in [0.15, 0.2) is 5.13 Å². The average molecular weight is 277 g/mol. The van der Waals surface area contributed by atoms with Crippen molar-refractivity contribution in [2.75, 3.05) is 24.3 Å². The Morgan fingerprint density at radius 2 is 2.16 bits per heavy atom. The fourth-order valence-electron chi connectivity index (χ4n) is 1.63.